The first-order valence-corrected chi connectivity index (χ1v) is 4.39. The molecule has 12 heavy (non-hydrogen) atoms. The molecular weight excluding hydrogens is 230 g/mol. The predicted octanol–water partition coefficient (Wildman–Crippen LogP) is 2.53. The Kier molecular flexibility index (Phi) is 1.55. The van der Waals surface area contributed by atoms with Gasteiger partial charge in [-0.1, -0.05) is 0 Å². The monoisotopic (exact) mass is 236 g/mol. The molecule has 1 atom stereocenters. The molecule has 1 aliphatic rings. The first-order chi connectivity index (χ1) is 5.52. The van der Waals surface area contributed by atoms with E-state index in [-0.39, 0.29) is 6.42 Å². The third-order valence-corrected chi connectivity index (χ3v) is 2.85. The number of hydrogen-bond acceptors (Lipinski definition) is 1. The van der Waals surface area contributed by atoms with E-state index in [4.69, 9.17) is 0 Å². The van der Waals surface area contributed by atoms with Gasteiger partial charge in [0.1, 0.15) is 6.04 Å². The molecule has 1 aromatic heterocycles. The average Bonchev–Trinajstić information content (AvgIpc) is 2.47. The van der Waals surface area contributed by atoms with Crippen LogP contribution in [0.25, 0.3) is 0 Å². The Labute approximate surface area is 76.7 Å². The first-order valence-electron chi connectivity index (χ1n) is 3.60. The number of aromatic nitrogens is 2. The Morgan fingerprint density at radius 3 is 2.67 bits per heavy atom. The molecule has 1 heterocycles. The summed E-state index contributed by atoms with van der Waals surface area (Å²) in [5, 5.41) is 3.86. The number of alkyl halides is 2. The Hall–Kier alpha value is -0.450. The van der Waals surface area contributed by atoms with Crippen LogP contribution in [0.2, 0.25) is 0 Å². The molecule has 0 aromatic carbocycles. The maximum absolute atomic E-state index is 12.6. The third-order valence-electron chi connectivity index (χ3n) is 2.07. The minimum atomic E-state index is -2.55. The maximum atomic E-state index is 12.6. The first kappa shape index (κ1) is 8.16. The average molecular weight is 237 g/mol. The van der Waals surface area contributed by atoms with Gasteiger partial charge in [0.2, 0.25) is 0 Å². The fourth-order valence-electron chi connectivity index (χ4n) is 1.18. The highest BCUT2D eigenvalue weighted by Gasteiger charge is 2.59. The Balaban J connectivity index is 2.31. The standard InChI is InChI=1S/C7H7BrF2N2/c1-4-5(8)3-11-12(4)6-2-7(6,9)10/h3,6H,2H2,1H3. The molecule has 0 N–H and O–H groups in total. The van der Waals surface area contributed by atoms with Gasteiger partial charge in [0.15, 0.2) is 0 Å². The molecule has 0 spiro atoms. The highest BCUT2D eigenvalue weighted by atomic mass is 79.9. The van der Waals surface area contributed by atoms with Crippen molar-refractivity contribution in [3.05, 3.63) is 16.4 Å². The molecule has 5 heteroatoms. The molecule has 0 amide bonds. The minimum absolute atomic E-state index is 0.0814. The van der Waals surface area contributed by atoms with Crippen LogP contribution in [0, 0.1) is 6.92 Å². The molecule has 0 aliphatic heterocycles. The summed E-state index contributed by atoms with van der Waals surface area (Å²) in [5.41, 5.74) is 0.761. The van der Waals surface area contributed by atoms with Crippen molar-refractivity contribution in [3.63, 3.8) is 0 Å². The van der Waals surface area contributed by atoms with Crippen LogP contribution in [0.4, 0.5) is 8.78 Å². The molecule has 1 unspecified atom stereocenters. The Morgan fingerprint density at radius 1 is 1.75 bits per heavy atom. The van der Waals surface area contributed by atoms with Crippen LogP contribution >= 0.6 is 15.9 Å². The van der Waals surface area contributed by atoms with Crippen molar-refractivity contribution in [1.29, 1.82) is 0 Å². The summed E-state index contributed by atoms with van der Waals surface area (Å²) in [7, 11) is 0. The maximum Gasteiger partial charge on any atom is 0.272 e. The summed E-state index contributed by atoms with van der Waals surface area (Å²) in [6.45, 7) is 1.77. The molecule has 0 bridgehead atoms. The largest absolute Gasteiger partial charge is 0.272 e. The van der Waals surface area contributed by atoms with Crippen LogP contribution in [0.3, 0.4) is 0 Å². The molecule has 0 radical (unpaired) electrons. The van der Waals surface area contributed by atoms with Crippen LogP contribution in [0.15, 0.2) is 10.7 Å². The highest BCUT2D eigenvalue weighted by molar-refractivity contribution is 9.10. The smallest absolute Gasteiger partial charge is 0.259 e. The van der Waals surface area contributed by atoms with Gasteiger partial charge in [0, 0.05) is 6.42 Å². The van der Waals surface area contributed by atoms with Gasteiger partial charge < -0.3 is 0 Å². The Bertz CT molecular complexity index is 321. The van der Waals surface area contributed by atoms with Crippen LogP contribution in [0.5, 0.6) is 0 Å². The van der Waals surface area contributed by atoms with Gasteiger partial charge in [-0.3, -0.25) is 4.68 Å². The lowest BCUT2D eigenvalue weighted by Gasteiger charge is -2.01. The quantitative estimate of drug-likeness (QED) is 0.733. The molecule has 1 fully saturated rings. The van der Waals surface area contributed by atoms with Crippen molar-refractivity contribution in [3.8, 4) is 0 Å². The summed E-state index contributed by atoms with van der Waals surface area (Å²) in [6, 6.07) is -0.719. The number of nitrogens with zero attached hydrogens (tertiary/aromatic N) is 2. The summed E-state index contributed by atoms with van der Waals surface area (Å²) in [6.07, 6.45) is 1.46. The fourth-order valence-corrected chi connectivity index (χ4v) is 1.45. The van der Waals surface area contributed by atoms with E-state index in [0.29, 0.717) is 0 Å². The van der Waals surface area contributed by atoms with Crippen molar-refractivity contribution in [1.82, 2.24) is 9.78 Å². The van der Waals surface area contributed by atoms with Crippen LogP contribution in [0.1, 0.15) is 18.2 Å². The van der Waals surface area contributed by atoms with Gasteiger partial charge in [0.25, 0.3) is 5.92 Å². The molecule has 1 saturated carbocycles. The molecule has 0 saturated heterocycles. The molecule has 1 aromatic rings. The third kappa shape index (κ3) is 1.07. The van der Waals surface area contributed by atoms with Gasteiger partial charge in [-0.15, -0.1) is 0 Å². The zero-order valence-electron chi connectivity index (χ0n) is 6.39. The molecule has 2 nitrogen and oxygen atoms in total. The summed E-state index contributed by atoms with van der Waals surface area (Å²) < 4.78 is 27.4. The lowest BCUT2D eigenvalue weighted by atomic mass is 10.5. The van der Waals surface area contributed by atoms with Crippen molar-refractivity contribution in [2.75, 3.05) is 0 Å². The van der Waals surface area contributed by atoms with E-state index in [2.05, 4.69) is 21.0 Å². The van der Waals surface area contributed by atoms with Crippen molar-refractivity contribution in [2.24, 2.45) is 0 Å². The zero-order valence-corrected chi connectivity index (χ0v) is 7.98. The van der Waals surface area contributed by atoms with E-state index >= 15 is 0 Å². The van der Waals surface area contributed by atoms with E-state index in [9.17, 15) is 8.78 Å². The molecule has 1 aliphatic carbocycles. The second kappa shape index (κ2) is 2.28. The van der Waals surface area contributed by atoms with E-state index in [1.807, 2.05) is 0 Å². The minimum Gasteiger partial charge on any atom is -0.259 e. The zero-order chi connectivity index (χ0) is 8.93. The van der Waals surface area contributed by atoms with E-state index in [0.717, 1.165) is 10.2 Å². The van der Waals surface area contributed by atoms with Gasteiger partial charge in [-0.05, 0) is 22.9 Å². The van der Waals surface area contributed by atoms with Gasteiger partial charge in [-0.25, -0.2) is 8.78 Å². The second-order valence-electron chi connectivity index (χ2n) is 3.00. The second-order valence-corrected chi connectivity index (χ2v) is 3.86. The number of rotatable bonds is 1. The van der Waals surface area contributed by atoms with Crippen molar-refractivity contribution < 1.29 is 8.78 Å². The fraction of sp³-hybridized carbons (Fsp3) is 0.571. The highest BCUT2D eigenvalue weighted by Crippen LogP contribution is 2.52. The summed E-state index contributed by atoms with van der Waals surface area (Å²) in [5.74, 6) is -2.55. The van der Waals surface area contributed by atoms with E-state index < -0.39 is 12.0 Å². The van der Waals surface area contributed by atoms with Crippen LogP contribution in [-0.2, 0) is 0 Å². The van der Waals surface area contributed by atoms with Gasteiger partial charge >= 0.3 is 0 Å². The summed E-state index contributed by atoms with van der Waals surface area (Å²) in [4.78, 5) is 0. The van der Waals surface area contributed by atoms with Crippen LogP contribution in [-0.4, -0.2) is 15.7 Å². The van der Waals surface area contributed by atoms with E-state index in [1.54, 1.807) is 13.1 Å². The molecule has 2 rings (SSSR count). The van der Waals surface area contributed by atoms with Crippen molar-refractivity contribution in [2.45, 2.75) is 25.3 Å². The van der Waals surface area contributed by atoms with E-state index in [1.165, 1.54) is 4.68 Å². The lowest BCUT2D eigenvalue weighted by molar-refractivity contribution is 0.0979. The Morgan fingerprint density at radius 2 is 2.33 bits per heavy atom. The van der Waals surface area contributed by atoms with Gasteiger partial charge in [-0.2, -0.15) is 5.10 Å². The predicted molar refractivity (Wildman–Crippen MR) is 43.3 cm³/mol. The molecule has 66 valence electrons. The number of halogens is 3. The lowest BCUT2D eigenvalue weighted by Crippen LogP contribution is -2.05. The van der Waals surface area contributed by atoms with Gasteiger partial charge in [0.05, 0.1) is 16.4 Å². The number of hydrogen-bond donors (Lipinski definition) is 0. The normalized spacial score (nSPS) is 25.8. The summed E-state index contributed by atoms with van der Waals surface area (Å²) >= 11 is 3.22. The molecular formula is C7H7BrF2N2. The van der Waals surface area contributed by atoms with Crippen molar-refractivity contribution >= 4 is 15.9 Å². The topological polar surface area (TPSA) is 17.8 Å². The SMILES string of the molecule is Cc1c(Br)cnn1C1CC1(F)F. The van der Waals surface area contributed by atoms with Crippen LogP contribution < -0.4 is 0 Å².